The van der Waals surface area contributed by atoms with Gasteiger partial charge < -0.3 is 26.8 Å². The van der Waals surface area contributed by atoms with E-state index in [4.69, 9.17) is 11.5 Å². The summed E-state index contributed by atoms with van der Waals surface area (Å²) >= 11 is 0. The van der Waals surface area contributed by atoms with Crippen molar-refractivity contribution in [1.29, 1.82) is 0 Å². The van der Waals surface area contributed by atoms with Crippen molar-refractivity contribution in [1.82, 2.24) is 15.0 Å². The first-order chi connectivity index (χ1) is 14.5. The number of hydrogen-bond donors (Lipinski definition) is 4. The molecule has 6 N–H and O–H groups in total. The lowest BCUT2D eigenvalue weighted by molar-refractivity contribution is 0.102. The lowest BCUT2D eigenvalue weighted by Gasteiger charge is -2.36. The van der Waals surface area contributed by atoms with Gasteiger partial charge in [-0.2, -0.15) is 0 Å². The van der Waals surface area contributed by atoms with Crippen molar-refractivity contribution >= 4 is 23.0 Å². The number of nitrogens with zero attached hydrogens (tertiary/aromatic N) is 4. The van der Waals surface area contributed by atoms with Crippen LogP contribution in [-0.2, 0) is 0 Å². The van der Waals surface area contributed by atoms with Crippen LogP contribution >= 0.6 is 0 Å². The number of aromatic nitrogens is 3. The SMILES string of the molecule is Nc1cnc(-c2ccccc2)nc1C(=O)Nc1cnccc1N1CC[C@@H](O)[C@H](N)C1. The van der Waals surface area contributed by atoms with Crippen molar-refractivity contribution in [3.63, 3.8) is 0 Å². The molecule has 1 saturated heterocycles. The summed E-state index contributed by atoms with van der Waals surface area (Å²) < 4.78 is 0. The van der Waals surface area contributed by atoms with Gasteiger partial charge in [-0.05, 0) is 12.5 Å². The zero-order chi connectivity index (χ0) is 21.1. The Bertz CT molecular complexity index is 1040. The number of nitrogen functional groups attached to an aromatic ring is 1. The summed E-state index contributed by atoms with van der Waals surface area (Å²) in [5, 5.41) is 12.7. The third-order valence-corrected chi connectivity index (χ3v) is 5.07. The largest absolute Gasteiger partial charge is 0.396 e. The normalized spacial score (nSPS) is 18.8. The van der Waals surface area contributed by atoms with Gasteiger partial charge in [0.2, 0.25) is 0 Å². The average Bonchev–Trinajstić information content (AvgIpc) is 2.77. The molecule has 30 heavy (non-hydrogen) atoms. The fourth-order valence-electron chi connectivity index (χ4n) is 3.43. The number of nitrogens with two attached hydrogens (primary N) is 2. The van der Waals surface area contributed by atoms with Gasteiger partial charge in [-0.1, -0.05) is 30.3 Å². The minimum atomic E-state index is -0.529. The van der Waals surface area contributed by atoms with Gasteiger partial charge in [0.25, 0.3) is 5.91 Å². The smallest absolute Gasteiger partial charge is 0.276 e. The Balaban J connectivity index is 1.59. The van der Waals surface area contributed by atoms with Crippen LogP contribution in [0.15, 0.2) is 55.0 Å². The molecule has 2 atom stereocenters. The summed E-state index contributed by atoms with van der Waals surface area (Å²) in [6.07, 6.45) is 4.67. The molecule has 0 spiro atoms. The molecule has 154 valence electrons. The van der Waals surface area contributed by atoms with E-state index in [1.165, 1.54) is 6.20 Å². The number of nitrogens with one attached hydrogen (secondary N) is 1. The minimum absolute atomic E-state index is 0.0874. The molecule has 1 aromatic carbocycles. The van der Waals surface area contributed by atoms with E-state index >= 15 is 0 Å². The summed E-state index contributed by atoms with van der Waals surface area (Å²) in [7, 11) is 0. The van der Waals surface area contributed by atoms with E-state index in [2.05, 4.69) is 20.3 Å². The van der Waals surface area contributed by atoms with Gasteiger partial charge in [-0.25, -0.2) is 9.97 Å². The number of anilines is 3. The quantitative estimate of drug-likeness (QED) is 0.508. The Labute approximate surface area is 173 Å². The zero-order valence-electron chi connectivity index (χ0n) is 16.3. The lowest BCUT2D eigenvalue weighted by Crippen LogP contribution is -2.51. The van der Waals surface area contributed by atoms with Crippen LogP contribution in [0, 0.1) is 0 Å². The van der Waals surface area contributed by atoms with Crippen molar-refractivity contribution in [3.8, 4) is 11.4 Å². The maximum absolute atomic E-state index is 13.0. The van der Waals surface area contributed by atoms with E-state index in [1.54, 1.807) is 18.5 Å². The maximum Gasteiger partial charge on any atom is 0.276 e. The molecule has 1 fully saturated rings. The molecule has 1 aliphatic rings. The highest BCUT2D eigenvalue weighted by Crippen LogP contribution is 2.28. The van der Waals surface area contributed by atoms with E-state index in [9.17, 15) is 9.90 Å². The van der Waals surface area contributed by atoms with Gasteiger partial charge in [-0.15, -0.1) is 0 Å². The minimum Gasteiger partial charge on any atom is -0.396 e. The number of aliphatic hydroxyl groups excluding tert-OH is 1. The molecule has 2 aromatic heterocycles. The van der Waals surface area contributed by atoms with Crippen LogP contribution in [0.3, 0.4) is 0 Å². The van der Waals surface area contributed by atoms with Crippen LogP contribution in [-0.4, -0.2) is 51.2 Å². The van der Waals surface area contributed by atoms with E-state index in [0.717, 1.165) is 11.3 Å². The molecule has 9 nitrogen and oxygen atoms in total. The molecule has 4 rings (SSSR count). The Morgan fingerprint density at radius 3 is 2.77 bits per heavy atom. The van der Waals surface area contributed by atoms with Gasteiger partial charge in [0.05, 0.1) is 35.6 Å². The van der Waals surface area contributed by atoms with Crippen LogP contribution in [0.2, 0.25) is 0 Å². The molecule has 0 radical (unpaired) electrons. The first-order valence-electron chi connectivity index (χ1n) is 9.65. The van der Waals surface area contributed by atoms with Crippen LogP contribution in [0.25, 0.3) is 11.4 Å². The third-order valence-electron chi connectivity index (χ3n) is 5.07. The fraction of sp³-hybridized carbons (Fsp3) is 0.238. The van der Waals surface area contributed by atoms with Gasteiger partial charge in [0, 0.05) is 30.9 Å². The first kappa shape index (κ1) is 19.7. The zero-order valence-corrected chi connectivity index (χ0v) is 16.3. The van der Waals surface area contributed by atoms with Gasteiger partial charge in [-0.3, -0.25) is 9.78 Å². The summed E-state index contributed by atoms with van der Waals surface area (Å²) in [5.41, 5.74) is 14.3. The Morgan fingerprint density at radius 2 is 2.00 bits per heavy atom. The summed E-state index contributed by atoms with van der Waals surface area (Å²) in [6.45, 7) is 1.09. The van der Waals surface area contributed by atoms with Gasteiger partial charge >= 0.3 is 0 Å². The van der Waals surface area contributed by atoms with Crippen molar-refractivity contribution in [2.24, 2.45) is 5.73 Å². The molecular formula is C21H23N7O2. The van der Waals surface area contributed by atoms with Crippen LogP contribution < -0.4 is 21.7 Å². The topological polar surface area (TPSA) is 143 Å². The second kappa shape index (κ2) is 8.44. The molecule has 0 unspecified atom stereocenters. The summed E-state index contributed by atoms with van der Waals surface area (Å²) in [5.74, 6) is -0.0416. The van der Waals surface area contributed by atoms with Crippen molar-refractivity contribution in [2.75, 3.05) is 29.0 Å². The Morgan fingerprint density at radius 1 is 1.20 bits per heavy atom. The maximum atomic E-state index is 13.0. The number of rotatable bonds is 4. The van der Waals surface area contributed by atoms with Crippen LogP contribution in [0.5, 0.6) is 0 Å². The molecule has 9 heteroatoms. The predicted molar refractivity (Wildman–Crippen MR) is 115 cm³/mol. The predicted octanol–water partition coefficient (Wildman–Crippen LogP) is 1.27. The van der Waals surface area contributed by atoms with Crippen LogP contribution in [0.4, 0.5) is 17.1 Å². The number of benzene rings is 1. The average molecular weight is 405 g/mol. The van der Waals surface area contributed by atoms with E-state index in [-0.39, 0.29) is 17.4 Å². The van der Waals surface area contributed by atoms with Crippen molar-refractivity contribution < 1.29 is 9.90 Å². The molecule has 1 aliphatic heterocycles. The number of piperidine rings is 1. The number of carbonyl (C=O) groups excluding carboxylic acids is 1. The molecule has 0 saturated carbocycles. The number of carbonyl (C=O) groups is 1. The second-order valence-electron chi connectivity index (χ2n) is 7.18. The number of aliphatic hydroxyl groups is 1. The van der Waals surface area contributed by atoms with Gasteiger partial charge in [0.15, 0.2) is 11.5 Å². The number of amides is 1. The molecule has 0 aliphatic carbocycles. The Hall–Kier alpha value is -3.56. The highest BCUT2D eigenvalue weighted by molar-refractivity contribution is 6.07. The molecular weight excluding hydrogens is 382 g/mol. The molecule has 0 bridgehead atoms. The van der Waals surface area contributed by atoms with E-state index in [0.29, 0.717) is 31.0 Å². The monoisotopic (exact) mass is 405 g/mol. The van der Waals surface area contributed by atoms with E-state index in [1.807, 2.05) is 35.2 Å². The second-order valence-corrected chi connectivity index (χ2v) is 7.18. The van der Waals surface area contributed by atoms with Gasteiger partial charge in [0.1, 0.15) is 0 Å². The summed E-state index contributed by atoms with van der Waals surface area (Å²) in [4.78, 5) is 27.7. The molecule has 1 amide bonds. The third kappa shape index (κ3) is 4.07. The van der Waals surface area contributed by atoms with Crippen molar-refractivity contribution in [3.05, 3.63) is 60.7 Å². The lowest BCUT2D eigenvalue weighted by atomic mass is 10.0. The number of hydrogen-bond acceptors (Lipinski definition) is 8. The highest BCUT2D eigenvalue weighted by atomic mass is 16.3. The van der Waals surface area contributed by atoms with E-state index < -0.39 is 12.0 Å². The number of pyridine rings is 1. The van der Waals surface area contributed by atoms with Crippen molar-refractivity contribution in [2.45, 2.75) is 18.6 Å². The molecule has 3 heterocycles. The highest BCUT2D eigenvalue weighted by Gasteiger charge is 2.26. The fourth-order valence-corrected chi connectivity index (χ4v) is 3.43. The summed E-state index contributed by atoms with van der Waals surface area (Å²) in [6, 6.07) is 10.8. The standard InChI is InChI=1S/C21H23N7O2/c22-14-10-25-20(13-4-2-1-3-5-13)27-19(14)21(30)26-16-11-24-8-6-17(16)28-9-7-18(29)15(23)12-28/h1-6,8,10-11,15,18,29H,7,9,12,22-23H2,(H,26,30)/t15-,18-/m1/s1. The first-order valence-corrected chi connectivity index (χ1v) is 9.65. The Kier molecular flexibility index (Phi) is 5.55. The molecule has 3 aromatic rings. The van der Waals surface area contributed by atoms with Crippen LogP contribution in [0.1, 0.15) is 16.9 Å².